The van der Waals surface area contributed by atoms with Gasteiger partial charge in [0.25, 0.3) is 0 Å². The molecule has 2 saturated heterocycles. The molecule has 0 radical (unpaired) electrons. The van der Waals surface area contributed by atoms with Crippen LogP contribution in [0.1, 0.15) is 97.7 Å². The maximum atomic E-state index is 16.2. The number of hydrogen-bond acceptors (Lipinski definition) is 9. The third-order valence-corrected chi connectivity index (χ3v) is 15.6. The smallest absolute Gasteiger partial charge is 0.329 e. The van der Waals surface area contributed by atoms with Crippen molar-refractivity contribution in [2.45, 2.75) is 88.7 Å². The first kappa shape index (κ1) is 48.9. The Morgan fingerprint density at radius 3 is 2.46 bits per heavy atom. The molecule has 1 saturated carbocycles. The minimum Gasteiger partial charge on any atom is -0.494 e. The molecule has 17 heteroatoms. The second kappa shape index (κ2) is 20.7. The highest BCUT2D eigenvalue weighted by Gasteiger charge is 2.50. The Balaban J connectivity index is 0.738. The Hall–Kier alpha value is -6.10. The number of urea groups is 1. The molecule has 1 aromatic heterocycles. The molecule has 2 atom stereocenters. The molecule has 3 fully saturated rings. The maximum Gasteiger partial charge on any atom is 0.329 e. The van der Waals surface area contributed by atoms with Gasteiger partial charge in [0, 0.05) is 79.1 Å². The van der Waals surface area contributed by atoms with Crippen molar-refractivity contribution in [3.63, 3.8) is 0 Å². The van der Waals surface area contributed by atoms with Gasteiger partial charge in [0.15, 0.2) is 23.0 Å². The molecule has 14 nitrogen and oxygen atoms in total. The monoisotopic (exact) mass is 978 g/mol. The predicted octanol–water partition coefficient (Wildman–Crippen LogP) is 8.12. The number of carbonyl (C=O) groups is 4. The number of aryl methyl sites for hydroxylation is 2. The molecule has 0 spiro atoms. The summed E-state index contributed by atoms with van der Waals surface area (Å²) in [6, 6.07) is 19.4. The Kier molecular flexibility index (Phi) is 14.5. The summed E-state index contributed by atoms with van der Waals surface area (Å²) >= 11 is 6.68. The van der Waals surface area contributed by atoms with Gasteiger partial charge in [-0.1, -0.05) is 54.9 Å². The van der Waals surface area contributed by atoms with Gasteiger partial charge >= 0.3 is 6.03 Å². The van der Waals surface area contributed by atoms with E-state index in [2.05, 4.69) is 38.1 Å². The molecule has 5 amide bonds. The Morgan fingerprint density at radius 1 is 0.986 bits per heavy atom. The number of hydrogen-bond donors (Lipinski definition) is 4. The van der Waals surface area contributed by atoms with E-state index in [-0.39, 0.29) is 63.4 Å². The number of methoxy groups -OCH3 is 1. The molecule has 70 heavy (non-hydrogen) atoms. The topological polar surface area (TPSA) is 173 Å². The van der Waals surface area contributed by atoms with E-state index in [0.717, 1.165) is 93.9 Å². The number of fused-ring (bicyclic) bond motifs is 2. The van der Waals surface area contributed by atoms with Gasteiger partial charge < -0.3 is 30.7 Å². The van der Waals surface area contributed by atoms with Crippen molar-refractivity contribution in [3.05, 3.63) is 106 Å². The van der Waals surface area contributed by atoms with Crippen molar-refractivity contribution in [1.29, 1.82) is 0 Å². The normalized spacial score (nSPS) is 21.9. The molecule has 3 aliphatic heterocycles. The van der Waals surface area contributed by atoms with Crippen LogP contribution in [0.4, 0.5) is 19.4 Å². The van der Waals surface area contributed by atoms with Crippen LogP contribution in [0.5, 0.6) is 11.5 Å². The number of primary amides is 1. The molecule has 5 N–H and O–H groups in total. The summed E-state index contributed by atoms with van der Waals surface area (Å²) in [6.45, 7) is 6.24. The zero-order valence-corrected chi connectivity index (χ0v) is 40.7. The number of imide groups is 1. The minimum atomic E-state index is -1.06. The van der Waals surface area contributed by atoms with Crippen LogP contribution in [-0.2, 0) is 28.7 Å². The van der Waals surface area contributed by atoms with E-state index in [9.17, 15) is 19.2 Å². The van der Waals surface area contributed by atoms with Crippen molar-refractivity contribution in [2.24, 2.45) is 24.6 Å². The van der Waals surface area contributed by atoms with Crippen LogP contribution in [0.15, 0.2) is 66.7 Å². The second-order valence-electron chi connectivity index (χ2n) is 19.4. The molecule has 5 aromatic rings. The summed E-state index contributed by atoms with van der Waals surface area (Å²) in [5, 5.41) is 14.5. The number of benzene rings is 4. The lowest BCUT2D eigenvalue weighted by atomic mass is 9.77. The van der Waals surface area contributed by atoms with E-state index in [1.54, 1.807) is 4.68 Å². The molecule has 0 bridgehead atoms. The summed E-state index contributed by atoms with van der Waals surface area (Å²) < 4.78 is 45.8. The zero-order valence-electron chi connectivity index (χ0n) is 39.9. The van der Waals surface area contributed by atoms with Crippen LogP contribution in [0.25, 0.3) is 22.0 Å². The van der Waals surface area contributed by atoms with Gasteiger partial charge in [-0.25, -0.2) is 13.6 Å². The number of nitrogens with two attached hydrogens (primary N) is 1. The van der Waals surface area contributed by atoms with Crippen molar-refractivity contribution in [1.82, 2.24) is 30.6 Å². The van der Waals surface area contributed by atoms with Gasteiger partial charge in [-0.15, -0.1) is 0 Å². The average molecular weight is 980 g/mol. The van der Waals surface area contributed by atoms with Gasteiger partial charge in [0.2, 0.25) is 17.7 Å². The number of likely N-dealkylation sites (tertiary alicyclic amines) is 1. The van der Waals surface area contributed by atoms with Gasteiger partial charge in [-0.2, -0.15) is 5.10 Å². The van der Waals surface area contributed by atoms with E-state index < -0.39 is 35.1 Å². The lowest BCUT2D eigenvalue weighted by molar-refractivity contribution is -0.126. The van der Waals surface area contributed by atoms with E-state index in [1.165, 1.54) is 35.8 Å². The van der Waals surface area contributed by atoms with Crippen molar-refractivity contribution >= 4 is 52.1 Å². The number of halogens is 3. The molecule has 370 valence electrons. The van der Waals surface area contributed by atoms with Crippen LogP contribution in [0.2, 0.25) is 5.02 Å². The second-order valence-corrected chi connectivity index (χ2v) is 19.7. The first-order valence-corrected chi connectivity index (χ1v) is 24.9. The fourth-order valence-electron chi connectivity index (χ4n) is 11.2. The highest BCUT2D eigenvalue weighted by Crippen LogP contribution is 2.56. The molecule has 4 aromatic carbocycles. The summed E-state index contributed by atoms with van der Waals surface area (Å²) in [6.07, 6.45) is 8.54. The number of anilines is 1. The maximum absolute atomic E-state index is 16.2. The molecular weight excluding hydrogens is 918 g/mol. The van der Waals surface area contributed by atoms with Gasteiger partial charge in [0.1, 0.15) is 11.6 Å². The number of amides is 5. The molecule has 9 rings (SSSR count). The predicted molar refractivity (Wildman–Crippen MR) is 264 cm³/mol. The number of nitrogens with zero attached hydrogens (tertiary/aromatic N) is 4. The van der Waals surface area contributed by atoms with Crippen LogP contribution in [0.3, 0.4) is 0 Å². The quantitative estimate of drug-likeness (QED) is 0.0713. The standard InChI is InChI=1S/C53H61ClF2N8O6/c1-31-44-42(29-39(55)47(54)46(44)45-38(49(57)66)18-19-41(69-3)48(45)56)70-53(31,35-8-5-4-6-9-35)30-59-36-15-13-34(14-16-36)51(67)58-23-7-24-63-25-20-32(21-26-63)10-11-33-12-17-37-40(28-33)62(2)61-50(37)64-27-22-43(65)60-52(64)68/h4-6,8-9,12,17-19,28-29,31-32,34,36,59H,7,10-11,13-16,20-27,30H2,1-3H3,(H2,57,66)(H,58,67)(H,60,65,68)/t31-,34?,36?,53-/m0/s1. The fraction of sp³-hybridized carbons (Fsp3) is 0.453. The molecule has 1 aliphatic carbocycles. The van der Waals surface area contributed by atoms with Crippen LogP contribution in [-0.4, -0.2) is 90.9 Å². The lowest BCUT2D eigenvalue weighted by Gasteiger charge is -2.37. The first-order chi connectivity index (χ1) is 33.8. The van der Waals surface area contributed by atoms with Gasteiger partial charge in [0.05, 0.1) is 23.2 Å². The van der Waals surface area contributed by atoms with Crippen molar-refractivity contribution in [3.8, 4) is 22.6 Å². The zero-order chi connectivity index (χ0) is 49.3. The summed E-state index contributed by atoms with van der Waals surface area (Å²) in [7, 11) is 3.18. The van der Waals surface area contributed by atoms with E-state index in [4.69, 9.17) is 26.8 Å². The number of aromatic nitrogens is 2. The minimum absolute atomic E-state index is 0.00297. The van der Waals surface area contributed by atoms with E-state index >= 15 is 8.78 Å². The molecular formula is C53H61ClF2N8O6. The van der Waals surface area contributed by atoms with Crippen LogP contribution in [0, 0.1) is 23.5 Å². The number of ether oxygens (including phenoxy) is 2. The van der Waals surface area contributed by atoms with Crippen molar-refractivity contribution in [2.75, 3.05) is 51.3 Å². The number of rotatable bonds is 16. The van der Waals surface area contributed by atoms with E-state index in [1.807, 2.05) is 50.4 Å². The van der Waals surface area contributed by atoms with Crippen LogP contribution >= 0.6 is 11.6 Å². The summed E-state index contributed by atoms with van der Waals surface area (Å²) in [4.78, 5) is 54.2. The number of nitrogens with one attached hydrogen (secondary N) is 3. The third kappa shape index (κ3) is 9.69. The Bertz CT molecular complexity index is 2790. The molecule has 0 unspecified atom stereocenters. The number of piperidine rings is 1. The third-order valence-electron chi connectivity index (χ3n) is 15.2. The van der Waals surface area contributed by atoms with Crippen molar-refractivity contribution < 1.29 is 37.4 Å². The first-order valence-electron chi connectivity index (χ1n) is 24.5. The van der Waals surface area contributed by atoms with Gasteiger partial charge in [-0.05, 0) is 119 Å². The largest absolute Gasteiger partial charge is 0.494 e. The molecule has 4 heterocycles. The highest BCUT2D eigenvalue weighted by molar-refractivity contribution is 6.34. The Morgan fingerprint density at radius 2 is 1.74 bits per heavy atom. The number of carbonyl (C=O) groups excluding carboxylic acids is 4. The highest BCUT2D eigenvalue weighted by atomic mass is 35.5. The van der Waals surface area contributed by atoms with Crippen LogP contribution < -0.4 is 36.1 Å². The SMILES string of the molecule is COc1ccc(C(N)=O)c(-c2c(Cl)c(F)cc3c2[C@H](C)[C@@](CNC2CCC(C(=O)NCCCN4CCC(CCc5ccc6c(N7CCC(=O)NC7=O)nn(C)c6c5)CC4)CC2)(c2ccccc2)O3)c1F. The molecule has 4 aliphatic rings. The van der Waals surface area contributed by atoms with Gasteiger partial charge in [-0.3, -0.25) is 29.3 Å². The van der Waals surface area contributed by atoms with E-state index in [0.29, 0.717) is 36.9 Å². The summed E-state index contributed by atoms with van der Waals surface area (Å²) in [5.41, 5.74) is 7.74. The summed E-state index contributed by atoms with van der Waals surface area (Å²) in [5.74, 6) is -2.10. The lowest BCUT2D eigenvalue weighted by Crippen LogP contribution is -2.49. The fourth-order valence-corrected chi connectivity index (χ4v) is 11.4. The average Bonchev–Trinajstić information content (AvgIpc) is 3.84. The Labute approximate surface area is 411 Å².